The Balaban J connectivity index is 2.19. The second-order valence-corrected chi connectivity index (χ2v) is 6.15. The van der Waals surface area contributed by atoms with E-state index >= 15 is 0 Å². The highest BCUT2D eigenvalue weighted by atomic mass is 35.5. The first-order valence-corrected chi connectivity index (χ1v) is 7.85. The van der Waals surface area contributed by atoms with E-state index in [0.717, 1.165) is 0 Å². The van der Waals surface area contributed by atoms with Crippen LogP contribution >= 0.6 is 11.6 Å². The van der Waals surface area contributed by atoms with Gasteiger partial charge >= 0.3 is 0 Å². The monoisotopic (exact) mass is 324 g/mol. The molecule has 0 saturated carbocycles. The van der Waals surface area contributed by atoms with Crippen LogP contribution in [0.3, 0.4) is 0 Å². The predicted octanol–water partition coefficient (Wildman–Crippen LogP) is 0.852. The minimum absolute atomic E-state index is 0.00554. The molecule has 0 aliphatic heterocycles. The first-order chi connectivity index (χ1) is 10.0. The largest absolute Gasteiger partial charge is 0.347 e. The molecular weight excluding hydrogens is 312 g/mol. The topological polar surface area (TPSA) is 101 Å². The molecule has 2 aromatic rings. The molecule has 0 saturated heterocycles. The van der Waals surface area contributed by atoms with Crippen LogP contribution < -0.4 is 10.5 Å². The Labute approximate surface area is 127 Å². The van der Waals surface area contributed by atoms with Crippen molar-refractivity contribution < 1.29 is 8.42 Å². The summed E-state index contributed by atoms with van der Waals surface area (Å²) >= 11 is 6.01. The molecule has 1 heterocycles. The van der Waals surface area contributed by atoms with Crippen molar-refractivity contribution in [3.8, 4) is 11.8 Å². The average Bonchev–Trinajstić information content (AvgIpc) is 2.96. The van der Waals surface area contributed by atoms with E-state index < -0.39 is 10.0 Å². The van der Waals surface area contributed by atoms with Gasteiger partial charge in [-0.15, -0.1) is 0 Å². The van der Waals surface area contributed by atoms with Crippen LogP contribution in [0.15, 0.2) is 35.5 Å². The normalized spacial score (nSPS) is 11.0. The van der Waals surface area contributed by atoms with Gasteiger partial charge in [-0.3, -0.25) is 0 Å². The third-order valence-corrected chi connectivity index (χ3v) is 4.42. The number of imidazole rings is 1. The smallest absolute Gasteiger partial charge is 0.242 e. The summed E-state index contributed by atoms with van der Waals surface area (Å²) in [6.07, 6.45) is 3.16. The number of sulfonamides is 1. The number of H-pyrrole nitrogens is 1. The van der Waals surface area contributed by atoms with E-state index in [1.165, 1.54) is 12.1 Å². The molecule has 110 valence electrons. The average molecular weight is 325 g/mol. The van der Waals surface area contributed by atoms with Gasteiger partial charge in [0, 0.05) is 18.0 Å². The number of aromatic nitrogens is 2. The highest BCUT2D eigenvalue weighted by Gasteiger charge is 2.18. The summed E-state index contributed by atoms with van der Waals surface area (Å²) in [5.41, 5.74) is 5.89. The Morgan fingerprint density at radius 1 is 1.43 bits per heavy atom. The van der Waals surface area contributed by atoms with Crippen LogP contribution in [-0.4, -0.2) is 24.9 Å². The first kappa shape index (κ1) is 15.5. The van der Waals surface area contributed by atoms with Gasteiger partial charge in [0.2, 0.25) is 10.0 Å². The zero-order chi connectivity index (χ0) is 15.3. The summed E-state index contributed by atoms with van der Waals surface area (Å²) in [7, 11) is -3.72. The fourth-order valence-corrected chi connectivity index (χ4v) is 3.12. The zero-order valence-corrected chi connectivity index (χ0v) is 12.5. The third kappa shape index (κ3) is 4.06. The Morgan fingerprint density at radius 2 is 2.24 bits per heavy atom. The van der Waals surface area contributed by atoms with Crippen molar-refractivity contribution in [2.75, 3.05) is 6.54 Å². The molecule has 0 unspecified atom stereocenters. The van der Waals surface area contributed by atoms with Crippen LogP contribution in [0, 0.1) is 11.8 Å². The number of hydrogen-bond acceptors (Lipinski definition) is 4. The van der Waals surface area contributed by atoms with Gasteiger partial charge in [0.05, 0.1) is 18.1 Å². The van der Waals surface area contributed by atoms with Crippen molar-refractivity contribution in [3.63, 3.8) is 0 Å². The Morgan fingerprint density at radius 3 is 2.86 bits per heavy atom. The molecule has 0 atom stereocenters. The van der Waals surface area contributed by atoms with E-state index in [4.69, 9.17) is 17.3 Å². The molecule has 2 rings (SSSR count). The Kier molecular flexibility index (Phi) is 4.98. The molecule has 4 N–H and O–H groups in total. The van der Waals surface area contributed by atoms with Crippen molar-refractivity contribution >= 4 is 21.6 Å². The SMILES string of the molecule is NCC#Cc1ccc(S(=O)(=O)NCc2ncc[nH]2)c(Cl)c1. The highest BCUT2D eigenvalue weighted by molar-refractivity contribution is 7.89. The number of benzene rings is 1. The molecule has 0 fully saturated rings. The minimum Gasteiger partial charge on any atom is -0.347 e. The Hall–Kier alpha value is -1.85. The van der Waals surface area contributed by atoms with E-state index in [1.807, 2.05) is 0 Å². The summed E-state index contributed by atoms with van der Waals surface area (Å²) in [5.74, 6) is 5.98. The molecule has 0 amide bonds. The van der Waals surface area contributed by atoms with Crippen molar-refractivity contribution in [1.82, 2.24) is 14.7 Å². The molecule has 0 aliphatic rings. The summed E-state index contributed by atoms with van der Waals surface area (Å²) < 4.78 is 26.8. The summed E-state index contributed by atoms with van der Waals surface area (Å²) in [4.78, 5) is 6.74. The van der Waals surface area contributed by atoms with E-state index in [9.17, 15) is 8.42 Å². The van der Waals surface area contributed by atoms with Gasteiger partial charge in [-0.25, -0.2) is 18.1 Å². The summed E-state index contributed by atoms with van der Waals surface area (Å²) in [5, 5.41) is 0.103. The van der Waals surface area contributed by atoms with E-state index in [-0.39, 0.29) is 23.0 Å². The van der Waals surface area contributed by atoms with Crippen LogP contribution in [0.5, 0.6) is 0 Å². The number of rotatable bonds is 4. The van der Waals surface area contributed by atoms with Crippen LogP contribution in [0.2, 0.25) is 5.02 Å². The number of nitrogens with one attached hydrogen (secondary N) is 2. The lowest BCUT2D eigenvalue weighted by molar-refractivity contribution is 0.579. The molecule has 0 spiro atoms. The number of hydrogen-bond donors (Lipinski definition) is 3. The second kappa shape index (κ2) is 6.74. The van der Waals surface area contributed by atoms with Gasteiger partial charge in [0.25, 0.3) is 0 Å². The Bertz CT molecular complexity index is 776. The number of halogens is 1. The number of nitrogens with zero attached hydrogens (tertiary/aromatic N) is 1. The van der Waals surface area contributed by atoms with E-state index in [2.05, 4.69) is 26.5 Å². The van der Waals surface area contributed by atoms with Crippen LogP contribution in [0.25, 0.3) is 0 Å². The van der Waals surface area contributed by atoms with E-state index in [0.29, 0.717) is 11.4 Å². The van der Waals surface area contributed by atoms with Crippen LogP contribution in [0.4, 0.5) is 0 Å². The van der Waals surface area contributed by atoms with Gasteiger partial charge in [0.15, 0.2) is 0 Å². The molecule has 21 heavy (non-hydrogen) atoms. The zero-order valence-electron chi connectivity index (χ0n) is 10.9. The molecule has 1 aromatic carbocycles. The quantitative estimate of drug-likeness (QED) is 0.726. The highest BCUT2D eigenvalue weighted by Crippen LogP contribution is 2.22. The van der Waals surface area contributed by atoms with Gasteiger partial charge < -0.3 is 10.7 Å². The van der Waals surface area contributed by atoms with Crippen molar-refractivity contribution in [2.24, 2.45) is 5.73 Å². The summed E-state index contributed by atoms with van der Waals surface area (Å²) in [6, 6.07) is 4.48. The molecular formula is C13H13ClN4O2S. The molecule has 8 heteroatoms. The second-order valence-electron chi connectivity index (χ2n) is 4.01. The van der Waals surface area contributed by atoms with Crippen LogP contribution in [-0.2, 0) is 16.6 Å². The lowest BCUT2D eigenvalue weighted by atomic mass is 10.2. The number of nitrogens with two attached hydrogens (primary N) is 1. The standard InChI is InChI=1S/C13H13ClN4O2S/c14-11-8-10(2-1-5-15)3-4-12(11)21(19,20)18-9-13-16-6-7-17-13/h3-4,6-8,18H,5,9,15H2,(H,16,17). The lowest BCUT2D eigenvalue weighted by Gasteiger charge is -2.07. The summed E-state index contributed by atoms with van der Waals surface area (Å²) in [6.45, 7) is 0.281. The van der Waals surface area contributed by atoms with Gasteiger partial charge in [-0.1, -0.05) is 23.4 Å². The maximum absolute atomic E-state index is 12.2. The minimum atomic E-state index is -3.72. The van der Waals surface area contributed by atoms with Crippen LogP contribution in [0.1, 0.15) is 11.4 Å². The number of aromatic amines is 1. The molecule has 6 nitrogen and oxygen atoms in total. The van der Waals surface area contributed by atoms with Gasteiger partial charge in [-0.05, 0) is 18.2 Å². The maximum Gasteiger partial charge on any atom is 0.242 e. The first-order valence-electron chi connectivity index (χ1n) is 5.99. The predicted molar refractivity (Wildman–Crippen MR) is 80.0 cm³/mol. The van der Waals surface area contributed by atoms with Crippen molar-refractivity contribution in [1.29, 1.82) is 0 Å². The molecule has 1 aromatic heterocycles. The van der Waals surface area contributed by atoms with Gasteiger partial charge in [-0.2, -0.15) is 0 Å². The lowest BCUT2D eigenvalue weighted by Crippen LogP contribution is -2.24. The molecule has 0 aliphatic carbocycles. The van der Waals surface area contributed by atoms with Gasteiger partial charge in [0.1, 0.15) is 10.7 Å². The van der Waals surface area contributed by atoms with Crippen molar-refractivity contribution in [3.05, 3.63) is 47.0 Å². The molecule has 0 bridgehead atoms. The molecule has 0 radical (unpaired) electrons. The fraction of sp³-hybridized carbons (Fsp3) is 0.154. The van der Waals surface area contributed by atoms with Crippen molar-refractivity contribution in [2.45, 2.75) is 11.4 Å². The van der Waals surface area contributed by atoms with E-state index in [1.54, 1.807) is 18.5 Å². The maximum atomic E-state index is 12.2. The third-order valence-electron chi connectivity index (χ3n) is 2.54. The fourth-order valence-electron chi connectivity index (χ4n) is 1.59.